The molecule has 0 aliphatic heterocycles. The van der Waals surface area contributed by atoms with Crippen LogP contribution in [0.4, 0.5) is 9.93 Å². The van der Waals surface area contributed by atoms with Gasteiger partial charge in [-0.2, -0.15) is 0 Å². The van der Waals surface area contributed by atoms with Gasteiger partial charge in [-0.3, -0.25) is 5.32 Å². The summed E-state index contributed by atoms with van der Waals surface area (Å²) in [5, 5.41) is 12.3. The minimum atomic E-state index is -1.08. The van der Waals surface area contributed by atoms with Gasteiger partial charge in [-0.25, -0.2) is 14.6 Å². The van der Waals surface area contributed by atoms with Crippen molar-refractivity contribution in [3.8, 4) is 11.1 Å². The first kappa shape index (κ1) is 21.1. The first-order valence-corrected chi connectivity index (χ1v) is 11.2. The molecule has 7 heteroatoms. The molecule has 4 rings (SSSR count). The molecule has 0 unspecified atom stereocenters. The number of anilines is 1. The molecule has 1 heterocycles. The number of benzene rings is 2. The van der Waals surface area contributed by atoms with E-state index in [4.69, 9.17) is 4.74 Å². The fourth-order valence-corrected chi connectivity index (χ4v) is 5.41. The molecular weight excluding hydrogens is 412 g/mol. The number of nitrogens with zero attached hydrogens (tertiary/aromatic N) is 1. The first-order valence-electron chi connectivity index (χ1n) is 10.4. The van der Waals surface area contributed by atoms with Gasteiger partial charge in [-0.05, 0) is 41.0 Å². The van der Waals surface area contributed by atoms with E-state index in [1.807, 2.05) is 38.1 Å². The number of aromatic nitrogens is 1. The second kappa shape index (κ2) is 8.89. The van der Waals surface area contributed by atoms with E-state index in [1.165, 1.54) is 11.3 Å². The molecule has 3 aromatic rings. The second-order valence-electron chi connectivity index (χ2n) is 7.50. The van der Waals surface area contributed by atoms with Crippen LogP contribution in [0.1, 0.15) is 65.0 Å². The number of hydrogen-bond acceptors (Lipinski definition) is 5. The van der Waals surface area contributed by atoms with Crippen LogP contribution in [-0.2, 0) is 4.74 Å². The molecule has 0 radical (unpaired) electrons. The van der Waals surface area contributed by atoms with Crippen LogP contribution in [0, 0.1) is 0 Å². The fourth-order valence-electron chi connectivity index (χ4n) is 4.20. The number of carbonyl (C=O) groups excluding carboxylic acids is 1. The molecule has 0 fully saturated rings. The number of nitrogens with one attached hydrogen (secondary N) is 1. The van der Waals surface area contributed by atoms with E-state index in [-0.39, 0.29) is 29.3 Å². The number of thiazole rings is 1. The smallest absolute Gasteiger partial charge is 0.413 e. The molecule has 0 saturated carbocycles. The third kappa shape index (κ3) is 4.05. The highest BCUT2D eigenvalue weighted by molar-refractivity contribution is 7.16. The van der Waals surface area contributed by atoms with E-state index in [2.05, 4.69) is 34.6 Å². The van der Waals surface area contributed by atoms with Gasteiger partial charge in [0.05, 0.1) is 0 Å². The number of hydrogen-bond donors (Lipinski definition) is 2. The molecule has 2 N–H and O–H groups in total. The van der Waals surface area contributed by atoms with E-state index in [1.54, 1.807) is 0 Å². The van der Waals surface area contributed by atoms with Crippen LogP contribution in [-0.4, -0.2) is 28.8 Å². The van der Waals surface area contributed by atoms with Crippen molar-refractivity contribution in [3.05, 3.63) is 70.2 Å². The number of carbonyl (C=O) groups is 2. The third-order valence-corrected chi connectivity index (χ3v) is 6.90. The molecule has 31 heavy (non-hydrogen) atoms. The topological polar surface area (TPSA) is 88.5 Å². The van der Waals surface area contributed by atoms with Gasteiger partial charge in [0.15, 0.2) is 10.8 Å². The van der Waals surface area contributed by atoms with Crippen molar-refractivity contribution in [2.75, 3.05) is 11.9 Å². The van der Waals surface area contributed by atoms with Gasteiger partial charge in [0.25, 0.3) is 0 Å². The van der Waals surface area contributed by atoms with Gasteiger partial charge in [0, 0.05) is 10.8 Å². The van der Waals surface area contributed by atoms with Gasteiger partial charge in [0.1, 0.15) is 6.61 Å². The average molecular weight is 437 g/mol. The van der Waals surface area contributed by atoms with Crippen molar-refractivity contribution in [2.45, 2.75) is 38.5 Å². The van der Waals surface area contributed by atoms with Crippen molar-refractivity contribution >= 4 is 28.5 Å². The van der Waals surface area contributed by atoms with Crippen LogP contribution in [0.15, 0.2) is 48.5 Å². The normalized spacial score (nSPS) is 12.5. The number of amides is 1. The number of rotatable bonds is 7. The molecule has 1 aliphatic rings. The maximum Gasteiger partial charge on any atom is 0.413 e. The maximum absolute atomic E-state index is 12.5. The number of carboxylic acids is 1. The Morgan fingerprint density at radius 1 is 1.06 bits per heavy atom. The lowest BCUT2D eigenvalue weighted by Gasteiger charge is -2.14. The summed E-state index contributed by atoms with van der Waals surface area (Å²) < 4.78 is 5.54. The number of fused-ring (bicyclic) bond motifs is 3. The zero-order valence-electron chi connectivity index (χ0n) is 17.4. The average Bonchev–Trinajstić information content (AvgIpc) is 3.33. The minimum absolute atomic E-state index is 0.00708. The molecule has 1 aromatic heterocycles. The third-order valence-electron chi connectivity index (χ3n) is 5.77. The highest BCUT2D eigenvalue weighted by Crippen LogP contribution is 2.44. The Morgan fingerprint density at radius 2 is 1.65 bits per heavy atom. The Morgan fingerprint density at radius 3 is 2.19 bits per heavy atom. The van der Waals surface area contributed by atoms with Crippen molar-refractivity contribution < 1.29 is 19.4 Å². The summed E-state index contributed by atoms with van der Waals surface area (Å²) in [6, 6.07) is 16.3. The highest BCUT2D eigenvalue weighted by atomic mass is 32.1. The zero-order valence-corrected chi connectivity index (χ0v) is 18.2. The summed E-state index contributed by atoms with van der Waals surface area (Å²) in [6.07, 6.45) is 0.982. The molecule has 160 valence electrons. The minimum Gasteiger partial charge on any atom is -0.476 e. The Hall–Kier alpha value is -3.19. The van der Waals surface area contributed by atoms with Crippen molar-refractivity contribution in [1.82, 2.24) is 4.98 Å². The monoisotopic (exact) mass is 436 g/mol. The maximum atomic E-state index is 12.5. The van der Waals surface area contributed by atoms with Crippen LogP contribution in [0.2, 0.25) is 0 Å². The zero-order chi connectivity index (χ0) is 22.0. The Labute approximate surface area is 184 Å². The van der Waals surface area contributed by atoms with Gasteiger partial charge in [0.2, 0.25) is 0 Å². The summed E-state index contributed by atoms with van der Waals surface area (Å²) in [7, 11) is 0. The molecule has 6 nitrogen and oxygen atoms in total. The lowest BCUT2D eigenvalue weighted by Crippen LogP contribution is -2.18. The van der Waals surface area contributed by atoms with Crippen molar-refractivity contribution in [2.24, 2.45) is 0 Å². The number of carboxylic acid groups (broad SMARTS) is 1. The van der Waals surface area contributed by atoms with Crippen LogP contribution in [0.5, 0.6) is 0 Å². The predicted molar refractivity (Wildman–Crippen MR) is 121 cm³/mol. The van der Waals surface area contributed by atoms with E-state index in [0.717, 1.165) is 35.1 Å². The summed E-state index contributed by atoms with van der Waals surface area (Å²) in [5.41, 5.74) is 4.60. The van der Waals surface area contributed by atoms with Gasteiger partial charge in [-0.1, -0.05) is 62.4 Å². The molecule has 0 atom stereocenters. The summed E-state index contributed by atoms with van der Waals surface area (Å²) in [6.45, 7) is 4.22. The van der Waals surface area contributed by atoms with Crippen LogP contribution < -0.4 is 5.32 Å². The molecule has 0 spiro atoms. The molecule has 0 bridgehead atoms. The van der Waals surface area contributed by atoms with E-state index < -0.39 is 12.1 Å². The standard InChI is InChI=1S/C24H24N2O4S/c1-3-14(4-2)21-20(22(27)28)25-23(31-21)26-24(29)30-13-19-17-11-7-5-9-15(17)16-10-6-8-12-18(16)19/h5-12,14,19H,3-4,13H2,1-2H3,(H,27,28)(H,25,26,29). The second-order valence-corrected chi connectivity index (χ2v) is 8.53. The Bertz CT molecular complexity index is 1070. The lowest BCUT2D eigenvalue weighted by atomic mass is 9.98. The Kier molecular flexibility index (Phi) is 6.04. The number of aromatic carboxylic acids is 1. The van der Waals surface area contributed by atoms with E-state index in [0.29, 0.717) is 4.88 Å². The van der Waals surface area contributed by atoms with Crippen molar-refractivity contribution in [3.63, 3.8) is 0 Å². The molecule has 1 amide bonds. The first-order chi connectivity index (χ1) is 15.0. The van der Waals surface area contributed by atoms with Crippen LogP contribution in [0.3, 0.4) is 0 Å². The predicted octanol–water partition coefficient (Wildman–Crippen LogP) is 6.11. The van der Waals surface area contributed by atoms with E-state index in [9.17, 15) is 14.7 Å². The molecular formula is C24H24N2O4S. The summed E-state index contributed by atoms with van der Waals surface area (Å²) in [5.74, 6) is -1.02. The van der Waals surface area contributed by atoms with Crippen LogP contribution >= 0.6 is 11.3 Å². The fraction of sp³-hybridized carbons (Fsp3) is 0.292. The summed E-state index contributed by atoms with van der Waals surface area (Å²) in [4.78, 5) is 28.9. The van der Waals surface area contributed by atoms with Crippen molar-refractivity contribution in [1.29, 1.82) is 0 Å². The molecule has 0 saturated heterocycles. The number of ether oxygens (including phenoxy) is 1. The van der Waals surface area contributed by atoms with Gasteiger partial charge < -0.3 is 9.84 Å². The van der Waals surface area contributed by atoms with E-state index >= 15 is 0 Å². The summed E-state index contributed by atoms with van der Waals surface area (Å²) >= 11 is 1.20. The quantitative estimate of drug-likeness (QED) is 0.467. The SMILES string of the molecule is CCC(CC)c1sc(NC(=O)OCC2c3ccccc3-c3ccccc32)nc1C(=O)O. The lowest BCUT2D eigenvalue weighted by molar-refractivity contribution is 0.0689. The van der Waals surface area contributed by atoms with Gasteiger partial charge >= 0.3 is 12.1 Å². The Balaban J connectivity index is 1.48. The van der Waals surface area contributed by atoms with Crippen LogP contribution in [0.25, 0.3) is 11.1 Å². The largest absolute Gasteiger partial charge is 0.476 e. The molecule has 1 aliphatic carbocycles. The highest BCUT2D eigenvalue weighted by Gasteiger charge is 2.29. The van der Waals surface area contributed by atoms with Gasteiger partial charge in [-0.15, -0.1) is 11.3 Å². The molecule has 2 aromatic carbocycles.